The van der Waals surface area contributed by atoms with E-state index in [1.807, 2.05) is 22.7 Å². The molecule has 2 heteroatoms. The second-order valence-electron chi connectivity index (χ2n) is 6.27. The Bertz CT molecular complexity index is 966. The fourth-order valence-electron chi connectivity index (χ4n) is 4.15. The van der Waals surface area contributed by atoms with Gasteiger partial charge in [-0.2, -0.15) is 0 Å². The molecule has 0 bridgehead atoms. The monoisotopic (exact) mass is 316 g/mol. The lowest BCUT2D eigenvalue weighted by Crippen LogP contribution is -1.79. The van der Waals surface area contributed by atoms with Crippen LogP contribution in [0, 0.1) is 13.8 Å². The van der Waals surface area contributed by atoms with Gasteiger partial charge in [-0.3, -0.25) is 0 Å². The van der Waals surface area contributed by atoms with Crippen LogP contribution in [0.25, 0.3) is 53.9 Å². The summed E-state index contributed by atoms with van der Waals surface area (Å²) in [5.74, 6) is 0. The van der Waals surface area contributed by atoms with Crippen molar-refractivity contribution in [3.63, 3.8) is 0 Å². The molecule has 0 aliphatic heterocycles. The zero-order chi connectivity index (χ0) is 14.6. The van der Waals surface area contributed by atoms with E-state index >= 15 is 0 Å². The minimum absolute atomic E-state index is 1.40. The Kier molecular flexibility index (Phi) is 1.87. The van der Waals surface area contributed by atoms with Crippen molar-refractivity contribution in [2.45, 2.75) is 13.8 Å². The Morgan fingerprint density at radius 1 is 0.545 bits per heavy atom. The first-order valence-electron chi connectivity index (χ1n) is 7.54. The fourth-order valence-corrected chi connectivity index (χ4v) is 6.27. The van der Waals surface area contributed by atoms with Gasteiger partial charge in [-0.25, -0.2) is 0 Å². The van der Waals surface area contributed by atoms with Crippen molar-refractivity contribution in [2.24, 2.45) is 0 Å². The summed E-state index contributed by atoms with van der Waals surface area (Å²) in [5.41, 5.74) is 8.62. The number of hydrogen-bond acceptors (Lipinski definition) is 2. The Labute approximate surface area is 136 Å². The van der Waals surface area contributed by atoms with E-state index in [4.69, 9.17) is 0 Å². The maximum absolute atomic E-state index is 2.35. The molecule has 4 aromatic rings. The standard InChI is InChI=1S/C20H12S2/c1-9-7-15-11-3-4-12-16-8-10(2)22-20(16)14-6-5-13(19(15)21-9)17(11)18(12)14/h3-8H,1-2H3. The molecule has 0 spiro atoms. The van der Waals surface area contributed by atoms with Gasteiger partial charge in [0.05, 0.1) is 0 Å². The van der Waals surface area contributed by atoms with Crippen LogP contribution in [0.1, 0.15) is 9.75 Å². The first kappa shape index (κ1) is 11.6. The van der Waals surface area contributed by atoms with Gasteiger partial charge in [0.25, 0.3) is 0 Å². The van der Waals surface area contributed by atoms with Crippen molar-refractivity contribution in [1.82, 2.24) is 0 Å². The summed E-state index contributed by atoms with van der Waals surface area (Å²) in [7, 11) is 0. The van der Waals surface area contributed by atoms with Crippen molar-refractivity contribution >= 4 is 33.4 Å². The molecule has 2 aromatic carbocycles. The quantitative estimate of drug-likeness (QED) is 0.287. The molecule has 0 radical (unpaired) electrons. The number of benzene rings is 2. The predicted octanol–water partition coefficient (Wildman–Crippen LogP) is 6.87. The summed E-state index contributed by atoms with van der Waals surface area (Å²) in [4.78, 5) is 5.73. The molecule has 0 unspecified atom stereocenters. The minimum Gasteiger partial charge on any atom is -0.140 e. The third-order valence-corrected chi connectivity index (χ3v) is 7.11. The number of fused-ring (bicyclic) bond motifs is 6. The molecule has 6 rings (SSSR count). The molecule has 0 nitrogen and oxygen atoms in total. The number of thiophene rings is 2. The molecule has 0 N–H and O–H groups in total. The third-order valence-electron chi connectivity index (χ3n) is 4.94. The van der Waals surface area contributed by atoms with Crippen LogP contribution in [0.15, 0.2) is 36.4 Å². The van der Waals surface area contributed by atoms with Gasteiger partial charge in [-0.1, -0.05) is 24.3 Å². The largest absolute Gasteiger partial charge is 0.140 e. The van der Waals surface area contributed by atoms with Crippen molar-refractivity contribution in [1.29, 1.82) is 0 Å². The normalized spacial score (nSPS) is 13.0. The third kappa shape index (κ3) is 1.14. The minimum atomic E-state index is 1.40. The zero-order valence-electron chi connectivity index (χ0n) is 12.3. The zero-order valence-corrected chi connectivity index (χ0v) is 13.9. The van der Waals surface area contributed by atoms with Crippen LogP contribution in [0.5, 0.6) is 0 Å². The Morgan fingerprint density at radius 2 is 0.955 bits per heavy atom. The molecule has 0 saturated carbocycles. The summed E-state index contributed by atoms with van der Waals surface area (Å²) >= 11 is 3.86. The number of rotatable bonds is 0. The van der Waals surface area contributed by atoms with E-state index in [-0.39, 0.29) is 0 Å². The van der Waals surface area contributed by atoms with Crippen molar-refractivity contribution in [3.05, 3.63) is 46.2 Å². The van der Waals surface area contributed by atoms with Gasteiger partial charge in [0.1, 0.15) is 0 Å². The summed E-state index contributed by atoms with van der Waals surface area (Å²) in [6, 6.07) is 14.1. The first-order chi connectivity index (χ1) is 10.7. The lowest BCUT2D eigenvalue weighted by atomic mass is 9.98. The van der Waals surface area contributed by atoms with Crippen LogP contribution in [-0.2, 0) is 0 Å². The molecular weight excluding hydrogens is 304 g/mol. The van der Waals surface area contributed by atoms with E-state index in [0.717, 1.165) is 0 Å². The van der Waals surface area contributed by atoms with Crippen LogP contribution in [0.4, 0.5) is 0 Å². The average Bonchev–Trinajstić information content (AvgIpc) is 3.19. The van der Waals surface area contributed by atoms with Crippen molar-refractivity contribution in [2.75, 3.05) is 0 Å². The van der Waals surface area contributed by atoms with E-state index < -0.39 is 0 Å². The van der Waals surface area contributed by atoms with Crippen LogP contribution in [0.2, 0.25) is 0 Å². The lowest BCUT2D eigenvalue weighted by molar-refractivity contribution is 1.63. The molecule has 0 saturated heterocycles. The molecule has 104 valence electrons. The Hall–Kier alpha value is -1.90. The second kappa shape index (κ2) is 3.53. The van der Waals surface area contributed by atoms with Gasteiger partial charge >= 0.3 is 0 Å². The molecule has 2 heterocycles. The SMILES string of the molecule is Cc1cc2c(s1)-c1ccc3c4c(ccc-2c14)-c1cc(C)sc1-3. The van der Waals surface area contributed by atoms with Crippen molar-refractivity contribution in [3.8, 4) is 43.1 Å². The summed E-state index contributed by atoms with van der Waals surface area (Å²) in [5, 5.41) is 2.97. The predicted molar refractivity (Wildman–Crippen MR) is 98.0 cm³/mol. The smallest absolute Gasteiger partial charge is 0.0430 e. The van der Waals surface area contributed by atoms with Gasteiger partial charge in [0.2, 0.25) is 0 Å². The highest BCUT2D eigenvalue weighted by Crippen LogP contribution is 2.58. The van der Waals surface area contributed by atoms with Crippen molar-refractivity contribution < 1.29 is 0 Å². The Balaban J connectivity index is 1.84. The van der Waals surface area contributed by atoms with E-state index in [0.29, 0.717) is 0 Å². The van der Waals surface area contributed by atoms with Crippen LogP contribution >= 0.6 is 22.7 Å². The van der Waals surface area contributed by atoms with E-state index in [9.17, 15) is 0 Å². The summed E-state index contributed by atoms with van der Waals surface area (Å²) in [6.45, 7) is 4.42. The van der Waals surface area contributed by atoms with E-state index in [1.165, 1.54) is 63.7 Å². The number of hydrogen-bond donors (Lipinski definition) is 0. The van der Waals surface area contributed by atoms with E-state index in [1.54, 1.807) is 0 Å². The molecule has 0 fully saturated rings. The summed E-state index contributed by atoms with van der Waals surface area (Å²) < 4.78 is 0. The highest BCUT2D eigenvalue weighted by Gasteiger charge is 2.30. The highest BCUT2D eigenvalue weighted by molar-refractivity contribution is 7.17. The Morgan fingerprint density at radius 3 is 1.41 bits per heavy atom. The van der Waals surface area contributed by atoms with Crippen LogP contribution in [0.3, 0.4) is 0 Å². The van der Waals surface area contributed by atoms with Crippen LogP contribution in [-0.4, -0.2) is 0 Å². The first-order valence-corrected chi connectivity index (χ1v) is 9.18. The van der Waals surface area contributed by atoms with Crippen LogP contribution < -0.4 is 0 Å². The fraction of sp³-hybridized carbons (Fsp3) is 0.100. The molecule has 0 atom stereocenters. The maximum Gasteiger partial charge on any atom is 0.0430 e. The molecule has 2 aliphatic carbocycles. The van der Waals surface area contributed by atoms with Gasteiger partial charge in [0.15, 0.2) is 0 Å². The van der Waals surface area contributed by atoms with Gasteiger partial charge in [0, 0.05) is 41.8 Å². The van der Waals surface area contributed by atoms with Gasteiger partial charge in [-0.15, -0.1) is 22.7 Å². The highest BCUT2D eigenvalue weighted by atomic mass is 32.1. The van der Waals surface area contributed by atoms with Gasteiger partial charge < -0.3 is 0 Å². The number of aryl methyl sites for hydroxylation is 2. The second-order valence-corrected chi connectivity index (χ2v) is 8.78. The topological polar surface area (TPSA) is 0 Å². The maximum atomic E-state index is 2.35. The summed E-state index contributed by atoms with van der Waals surface area (Å²) in [6.07, 6.45) is 0. The molecule has 2 aliphatic rings. The molecular formula is C20H12S2. The average molecular weight is 316 g/mol. The molecule has 22 heavy (non-hydrogen) atoms. The molecule has 2 aromatic heterocycles. The molecule has 0 amide bonds. The lowest BCUT2D eigenvalue weighted by Gasteiger charge is -2.06. The van der Waals surface area contributed by atoms with E-state index in [2.05, 4.69) is 50.2 Å². The van der Waals surface area contributed by atoms with Gasteiger partial charge in [-0.05, 0) is 47.9 Å².